The predicted octanol–water partition coefficient (Wildman–Crippen LogP) is 3.65. The van der Waals surface area contributed by atoms with E-state index in [9.17, 15) is 0 Å². The fourth-order valence-corrected chi connectivity index (χ4v) is 3.87. The molecule has 0 aromatic carbocycles. The molecule has 1 heterocycles. The highest BCUT2D eigenvalue weighted by atomic mass is 15.2. The van der Waals surface area contributed by atoms with Crippen LogP contribution in [0.15, 0.2) is 12.4 Å². The molecule has 0 spiro atoms. The van der Waals surface area contributed by atoms with Gasteiger partial charge >= 0.3 is 0 Å². The van der Waals surface area contributed by atoms with E-state index in [-0.39, 0.29) is 0 Å². The Morgan fingerprint density at radius 1 is 1.33 bits per heavy atom. The van der Waals surface area contributed by atoms with Gasteiger partial charge in [-0.1, -0.05) is 20.8 Å². The minimum atomic E-state index is 0.839. The van der Waals surface area contributed by atoms with Crippen LogP contribution in [0.1, 0.15) is 52.0 Å². The van der Waals surface area contributed by atoms with Crippen molar-refractivity contribution < 1.29 is 0 Å². The molecule has 0 aliphatic heterocycles. The van der Waals surface area contributed by atoms with Crippen LogP contribution >= 0.6 is 0 Å². The Labute approximate surface area is 130 Å². The van der Waals surface area contributed by atoms with E-state index >= 15 is 0 Å². The smallest absolute Gasteiger partial charge is 0.0521 e. The van der Waals surface area contributed by atoms with E-state index in [4.69, 9.17) is 0 Å². The normalized spacial score (nSPS) is 26.4. The molecule has 1 saturated carbocycles. The largest absolute Gasteiger partial charge is 0.317 e. The summed E-state index contributed by atoms with van der Waals surface area (Å²) in [6, 6.07) is 0. The number of hydrogen-bond donors (Lipinski definition) is 1. The van der Waals surface area contributed by atoms with Crippen LogP contribution in [0.25, 0.3) is 0 Å². The van der Waals surface area contributed by atoms with E-state index in [2.05, 4.69) is 37.4 Å². The first kappa shape index (κ1) is 16.5. The summed E-state index contributed by atoms with van der Waals surface area (Å²) in [6.07, 6.45) is 11.0. The molecular weight excluding hydrogens is 258 g/mol. The molecule has 1 fully saturated rings. The summed E-state index contributed by atoms with van der Waals surface area (Å²) in [4.78, 5) is 0. The lowest BCUT2D eigenvalue weighted by Gasteiger charge is -2.38. The third kappa shape index (κ3) is 4.84. The molecule has 2 rings (SSSR count). The Morgan fingerprint density at radius 3 is 2.76 bits per heavy atom. The monoisotopic (exact) mass is 291 g/mol. The summed E-state index contributed by atoms with van der Waals surface area (Å²) in [6.45, 7) is 9.31. The van der Waals surface area contributed by atoms with Crippen molar-refractivity contribution in [3.05, 3.63) is 18.0 Å². The maximum Gasteiger partial charge on any atom is 0.0521 e. The first-order chi connectivity index (χ1) is 10.1. The SMILES string of the molecule is CCNCC1CCC(C(C)C)CC1CCc1cnn(C)c1. The maximum atomic E-state index is 4.30. The Bertz CT molecular complexity index is 410. The molecule has 1 aliphatic rings. The van der Waals surface area contributed by atoms with Gasteiger partial charge in [-0.15, -0.1) is 0 Å². The van der Waals surface area contributed by atoms with Gasteiger partial charge in [-0.2, -0.15) is 5.10 Å². The molecule has 3 atom stereocenters. The summed E-state index contributed by atoms with van der Waals surface area (Å²) in [7, 11) is 2.01. The van der Waals surface area contributed by atoms with Crippen LogP contribution in [0.3, 0.4) is 0 Å². The highest BCUT2D eigenvalue weighted by Gasteiger charge is 2.31. The van der Waals surface area contributed by atoms with Crippen LogP contribution in [0.2, 0.25) is 0 Å². The van der Waals surface area contributed by atoms with Crippen molar-refractivity contribution in [2.24, 2.45) is 30.7 Å². The number of aryl methyl sites for hydroxylation is 2. The van der Waals surface area contributed by atoms with Gasteiger partial charge in [0.25, 0.3) is 0 Å². The summed E-state index contributed by atoms with van der Waals surface area (Å²) in [5.41, 5.74) is 1.39. The third-order valence-corrected chi connectivity index (χ3v) is 5.34. The van der Waals surface area contributed by atoms with Crippen molar-refractivity contribution in [3.63, 3.8) is 0 Å². The van der Waals surface area contributed by atoms with Crippen LogP contribution in [0, 0.1) is 23.7 Å². The summed E-state index contributed by atoms with van der Waals surface area (Å²) < 4.78 is 1.92. The van der Waals surface area contributed by atoms with Gasteiger partial charge in [-0.25, -0.2) is 0 Å². The standard InChI is InChI=1S/C18H33N3/c1-5-19-12-18-9-8-16(14(2)3)10-17(18)7-6-15-11-20-21(4)13-15/h11,13-14,16-19H,5-10,12H2,1-4H3. The molecule has 0 radical (unpaired) electrons. The van der Waals surface area contributed by atoms with Crippen molar-refractivity contribution in [2.75, 3.05) is 13.1 Å². The number of aromatic nitrogens is 2. The van der Waals surface area contributed by atoms with Gasteiger partial charge in [0.05, 0.1) is 6.20 Å². The number of nitrogens with one attached hydrogen (secondary N) is 1. The molecule has 3 unspecified atom stereocenters. The van der Waals surface area contributed by atoms with Crippen LogP contribution in [-0.2, 0) is 13.5 Å². The van der Waals surface area contributed by atoms with Crippen LogP contribution < -0.4 is 5.32 Å². The van der Waals surface area contributed by atoms with Crippen molar-refractivity contribution in [1.82, 2.24) is 15.1 Å². The van der Waals surface area contributed by atoms with Gasteiger partial charge in [0.15, 0.2) is 0 Å². The molecule has 1 aromatic rings. The van der Waals surface area contributed by atoms with Gasteiger partial charge in [0, 0.05) is 13.2 Å². The first-order valence-corrected chi connectivity index (χ1v) is 8.78. The molecule has 1 aromatic heterocycles. The van der Waals surface area contributed by atoms with Crippen LogP contribution in [0.5, 0.6) is 0 Å². The molecule has 0 bridgehead atoms. The lowest BCUT2D eigenvalue weighted by molar-refractivity contribution is 0.138. The zero-order chi connectivity index (χ0) is 15.2. The van der Waals surface area contributed by atoms with Crippen molar-refractivity contribution in [1.29, 1.82) is 0 Å². The number of hydrogen-bond acceptors (Lipinski definition) is 2. The minimum Gasteiger partial charge on any atom is -0.317 e. The predicted molar refractivity (Wildman–Crippen MR) is 89.2 cm³/mol. The second kappa shape index (κ2) is 7.98. The van der Waals surface area contributed by atoms with Gasteiger partial charge in [0.2, 0.25) is 0 Å². The fraction of sp³-hybridized carbons (Fsp3) is 0.833. The molecule has 120 valence electrons. The van der Waals surface area contributed by atoms with E-state index in [0.717, 1.165) is 30.2 Å². The third-order valence-electron chi connectivity index (χ3n) is 5.34. The Morgan fingerprint density at radius 2 is 2.14 bits per heavy atom. The van der Waals surface area contributed by atoms with Crippen LogP contribution in [-0.4, -0.2) is 22.9 Å². The second-order valence-corrected chi connectivity index (χ2v) is 7.21. The van der Waals surface area contributed by atoms with Crippen molar-refractivity contribution >= 4 is 0 Å². The maximum absolute atomic E-state index is 4.30. The lowest BCUT2D eigenvalue weighted by atomic mass is 9.69. The van der Waals surface area contributed by atoms with Crippen molar-refractivity contribution in [3.8, 4) is 0 Å². The molecule has 0 amide bonds. The average molecular weight is 291 g/mol. The minimum absolute atomic E-state index is 0.839. The van der Waals surface area contributed by atoms with E-state index in [1.165, 1.54) is 44.2 Å². The summed E-state index contributed by atoms with van der Waals surface area (Å²) in [5.74, 6) is 3.52. The molecule has 3 heteroatoms. The van der Waals surface area contributed by atoms with Crippen LogP contribution in [0.4, 0.5) is 0 Å². The highest BCUT2D eigenvalue weighted by Crippen LogP contribution is 2.39. The quantitative estimate of drug-likeness (QED) is 0.831. The molecule has 3 nitrogen and oxygen atoms in total. The zero-order valence-electron chi connectivity index (χ0n) is 14.3. The lowest BCUT2D eigenvalue weighted by Crippen LogP contribution is -2.34. The van der Waals surface area contributed by atoms with Gasteiger partial charge < -0.3 is 5.32 Å². The fourth-order valence-electron chi connectivity index (χ4n) is 3.87. The molecule has 1 aliphatic carbocycles. The van der Waals surface area contributed by atoms with Gasteiger partial charge in [-0.05, 0) is 74.4 Å². The topological polar surface area (TPSA) is 29.9 Å². The number of rotatable bonds is 7. The Balaban J connectivity index is 1.91. The van der Waals surface area contributed by atoms with E-state index < -0.39 is 0 Å². The molecular formula is C18H33N3. The van der Waals surface area contributed by atoms with E-state index in [1.807, 2.05) is 17.9 Å². The molecule has 21 heavy (non-hydrogen) atoms. The summed E-state index contributed by atoms with van der Waals surface area (Å²) >= 11 is 0. The van der Waals surface area contributed by atoms with E-state index in [1.54, 1.807) is 0 Å². The highest BCUT2D eigenvalue weighted by molar-refractivity contribution is 5.04. The number of nitrogens with zero attached hydrogens (tertiary/aromatic N) is 2. The second-order valence-electron chi connectivity index (χ2n) is 7.21. The van der Waals surface area contributed by atoms with Gasteiger partial charge in [0.1, 0.15) is 0 Å². The Kier molecular flexibility index (Phi) is 6.28. The molecule has 1 N–H and O–H groups in total. The average Bonchev–Trinajstić information content (AvgIpc) is 2.88. The van der Waals surface area contributed by atoms with Gasteiger partial charge in [-0.3, -0.25) is 4.68 Å². The zero-order valence-corrected chi connectivity index (χ0v) is 14.3. The Hall–Kier alpha value is -0.830. The summed E-state index contributed by atoms with van der Waals surface area (Å²) in [5, 5.41) is 7.87. The van der Waals surface area contributed by atoms with Crippen molar-refractivity contribution in [2.45, 2.75) is 52.9 Å². The molecule has 0 saturated heterocycles. The van der Waals surface area contributed by atoms with E-state index in [0.29, 0.717) is 0 Å². The first-order valence-electron chi connectivity index (χ1n) is 8.78.